The summed E-state index contributed by atoms with van der Waals surface area (Å²) in [7, 11) is 0. The van der Waals surface area contributed by atoms with Crippen molar-refractivity contribution < 1.29 is 19.5 Å². The standard InChI is InChI=1S/C28H38N4O4/c29-19-24-11-13-25(14-12-24)20-30-27(35)32(18-16-23-9-5-2-6-10-23)28(36)31(21-26(33)34)17-15-22-7-3-1-4-8-22/h2,5-6,9-14,22H,1,3-4,7-8,15-21,29H2,(H,30,35)(H,33,34). The third-order valence-corrected chi connectivity index (χ3v) is 6.77. The number of urea groups is 2. The van der Waals surface area contributed by atoms with Crippen LogP contribution in [-0.2, 0) is 24.3 Å². The van der Waals surface area contributed by atoms with Gasteiger partial charge in [-0.2, -0.15) is 0 Å². The van der Waals surface area contributed by atoms with Gasteiger partial charge in [-0.25, -0.2) is 14.5 Å². The molecule has 3 rings (SSSR count). The van der Waals surface area contributed by atoms with Crippen LogP contribution < -0.4 is 11.1 Å². The maximum absolute atomic E-state index is 13.5. The van der Waals surface area contributed by atoms with Gasteiger partial charge in [0.1, 0.15) is 6.54 Å². The molecular formula is C28H38N4O4. The molecule has 0 bridgehead atoms. The Balaban J connectivity index is 1.70. The normalized spacial score (nSPS) is 13.7. The number of hydrogen-bond acceptors (Lipinski definition) is 4. The van der Waals surface area contributed by atoms with Crippen molar-refractivity contribution in [3.63, 3.8) is 0 Å². The van der Waals surface area contributed by atoms with Crippen molar-refractivity contribution in [3.05, 3.63) is 71.3 Å². The van der Waals surface area contributed by atoms with Crippen LogP contribution in [0.5, 0.6) is 0 Å². The second-order valence-electron chi connectivity index (χ2n) is 9.46. The number of hydrogen-bond donors (Lipinski definition) is 3. The summed E-state index contributed by atoms with van der Waals surface area (Å²) in [5, 5.41) is 12.3. The topological polar surface area (TPSA) is 116 Å². The van der Waals surface area contributed by atoms with Gasteiger partial charge in [0.2, 0.25) is 0 Å². The van der Waals surface area contributed by atoms with Crippen molar-refractivity contribution in [2.75, 3.05) is 19.6 Å². The Bertz CT molecular complexity index is 975. The summed E-state index contributed by atoms with van der Waals surface area (Å²) in [4.78, 5) is 40.7. The van der Waals surface area contributed by atoms with Gasteiger partial charge in [-0.05, 0) is 35.4 Å². The van der Waals surface area contributed by atoms with Crippen molar-refractivity contribution in [2.45, 2.75) is 58.0 Å². The molecule has 2 aromatic carbocycles. The van der Waals surface area contributed by atoms with E-state index in [1.54, 1.807) is 0 Å². The molecule has 1 fully saturated rings. The van der Waals surface area contributed by atoms with Gasteiger partial charge in [-0.3, -0.25) is 4.79 Å². The van der Waals surface area contributed by atoms with E-state index in [1.807, 2.05) is 54.6 Å². The summed E-state index contributed by atoms with van der Waals surface area (Å²) < 4.78 is 0. The van der Waals surface area contributed by atoms with Crippen LogP contribution in [0.1, 0.15) is 55.2 Å². The Morgan fingerprint density at radius 3 is 2.19 bits per heavy atom. The summed E-state index contributed by atoms with van der Waals surface area (Å²) in [6.45, 7) is 0.738. The number of nitrogens with two attached hydrogens (primary N) is 1. The van der Waals surface area contributed by atoms with Crippen LogP contribution in [0.4, 0.5) is 9.59 Å². The third kappa shape index (κ3) is 8.68. The lowest BCUT2D eigenvalue weighted by Crippen LogP contribution is -2.52. The molecule has 2 aromatic rings. The quantitative estimate of drug-likeness (QED) is 0.429. The number of aliphatic carboxylic acids is 1. The van der Waals surface area contributed by atoms with E-state index in [1.165, 1.54) is 24.2 Å². The Kier molecular flexibility index (Phi) is 10.8. The van der Waals surface area contributed by atoms with Gasteiger partial charge in [-0.1, -0.05) is 86.7 Å². The summed E-state index contributed by atoms with van der Waals surface area (Å²) in [5.74, 6) is -0.596. The van der Waals surface area contributed by atoms with Crippen LogP contribution in [0, 0.1) is 5.92 Å². The molecule has 36 heavy (non-hydrogen) atoms. The minimum absolute atomic E-state index is 0.153. The highest BCUT2D eigenvalue weighted by atomic mass is 16.4. The van der Waals surface area contributed by atoms with Crippen molar-refractivity contribution in [3.8, 4) is 0 Å². The van der Waals surface area contributed by atoms with Crippen LogP contribution in [0.15, 0.2) is 54.6 Å². The average Bonchev–Trinajstić information content (AvgIpc) is 2.91. The first kappa shape index (κ1) is 27.2. The number of carbonyl (C=O) groups excluding carboxylic acids is 2. The molecule has 0 heterocycles. The molecule has 0 saturated heterocycles. The van der Waals surface area contributed by atoms with E-state index >= 15 is 0 Å². The van der Waals surface area contributed by atoms with E-state index in [-0.39, 0.29) is 13.1 Å². The first-order valence-corrected chi connectivity index (χ1v) is 12.8. The number of rotatable bonds is 11. The molecule has 1 saturated carbocycles. The number of nitrogens with one attached hydrogen (secondary N) is 1. The largest absolute Gasteiger partial charge is 0.480 e. The van der Waals surface area contributed by atoms with E-state index in [2.05, 4.69) is 5.32 Å². The summed E-state index contributed by atoms with van der Waals surface area (Å²) in [6.07, 6.45) is 7.03. The number of carbonyl (C=O) groups is 3. The molecule has 8 nitrogen and oxygen atoms in total. The predicted octanol–water partition coefficient (Wildman–Crippen LogP) is 4.38. The van der Waals surface area contributed by atoms with Gasteiger partial charge < -0.3 is 21.1 Å². The monoisotopic (exact) mass is 494 g/mol. The fraction of sp³-hybridized carbons (Fsp3) is 0.464. The Morgan fingerprint density at radius 2 is 1.56 bits per heavy atom. The Hall–Kier alpha value is -3.39. The minimum atomic E-state index is -1.09. The molecule has 8 heteroatoms. The van der Waals surface area contributed by atoms with Crippen LogP contribution in [0.25, 0.3) is 0 Å². The first-order chi connectivity index (χ1) is 17.5. The molecule has 0 aliphatic heterocycles. The lowest BCUT2D eigenvalue weighted by atomic mass is 9.87. The van der Waals surface area contributed by atoms with Crippen LogP contribution in [0.3, 0.4) is 0 Å². The lowest BCUT2D eigenvalue weighted by Gasteiger charge is -2.30. The van der Waals surface area contributed by atoms with Crippen molar-refractivity contribution in [1.82, 2.24) is 15.1 Å². The van der Waals surface area contributed by atoms with Gasteiger partial charge in [0, 0.05) is 26.2 Å². The molecule has 0 atom stereocenters. The smallest absolute Gasteiger partial charge is 0.328 e. The van der Waals surface area contributed by atoms with Crippen molar-refractivity contribution in [1.29, 1.82) is 0 Å². The first-order valence-electron chi connectivity index (χ1n) is 12.8. The highest BCUT2D eigenvalue weighted by molar-refractivity contribution is 5.94. The number of benzene rings is 2. The van der Waals surface area contributed by atoms with Gasteiger partial charge in [-0.15, -0.1) is 0 Å². The minimum Gasteiger partial charge on any atom is -0.480 e. The molecular weight excluding hydrogens is 456 g/mol. The number of amides is 4. The summed E-state index contributed by atoms with van der Waals surface area (Å²) in [5.41, 5.74) is 8.52. The highest BCUT2D eigenvalue weighted by Crippen LogP contribution is 2.26. The van der Waals surface area contributed by atoms with E-state index < -0.39 is 24.6 Å². The zero-order valence-corrected chi connectivity index (χ0v) is 20.9. The molecule has 0 aromatic heterocycles. The van der Waals surface area contributed by atoms with Crippen LogP contribution in [0.2, 0.25) is 0 Å². The van der Waals surface area contributed by atoms with Gasteiger partial charge in [0.15, 0.2) is 0 Å². The fourth-order valence-corrected chi connectivity index (χ4v) is 4.63. The van der Waals surface area contributed by atoms with Crippen LogP contribution in [-0.4, -0.2) is 52.6 Å². The zero-order chi connectivity index (χ0) is 25.8. The molecule has 1 aliphatic carbocycles. The van der Waals surface area contributed by atoms with Gasteiger partial charge in [0.25, 0.3) is 0 Å². The molecule has 1 aliphatic rings. The molecule has 0 radical (unpaired) electrons. The molecule has 194 valence electrons. The predicted molar refractivity (Wildman–Crippen MR) is 139 cm³/mol. The summed E-state index contributed by atoms with van der Waals surface area (Å²) in [6, 6.07) is 16.1. The number of carboxylic acid groups (broad SMARTS) is 1. The highest BCUT2D eigenvalue weighted by Gasteiger charge is 2.28. The molecule has 0 unspecified atom stereocenters. The third-order valence-electron chi connectivity index (χ3n) is 6.77. The Labute approximate surface area is 213 Å². The Morgan fingerprint density at radius 1 is 0.889 bits per heavy atom. The second kappa shape index (κ2) is 14.2. The number of carboxylic acids is 1. The lowest BCUT2D eigenvalue weighted by molar-refractivity contribution is -0.137. The van der Waals surface area contributed by atoms with E-state index in [9.17, 15) is 19.5 Å². The fourth-order valence-electron chi connectivity index (χ4n) is 4.63. The number of imide groups is 1. The van der Waals surface area contributed by atoms with E-state index in [0.717, 1.165) is 40.9 Å². The zero-order valence-electron chi connectivity index (χ0n) is 20.9. The van der Waals surface area contributed by atoms with Gasteiger partial charge >= 0.3 is 18.0 Å². The van der Waals surface area contributed by atoms with E-state index in [0.29, 0.717) is 25.4 Å². The van der Waals surface area contributed by atoms with E-state index in [4.69, 9.17) is 5.73 Å². The maximum atomic E-state index is 13.5. The molecule has 0 spiro atoms. The second-order valence-corrected chi connectivity index (χ2v) is 9.46. The molecule has 4 amide bonds. The van der Waals surface area contributed by atoms with Crippen LogP contribution >= 0.6 is 0 Å². The average molecular weight is 495 g/mol. The van der Waals surface area contributed by atoms with Crippen molar-refractivity contribution >= 4 is 18.0 Å². The number of nitrogens with zero attached hydrogens (tertiary/aromatic N) is 2. The SMILES string of the molecule is NCc1ccc(CNC(=O)N(CCc2ccccc2)C(=O)N(CCC2CCCCC2)CC(=O)O)cc1. The summed E-state index contributed by atoms with van der Waals surface area (Å²) >= 11 is 0. The maximum Gasteiger partial charge on any atom is 0.328 e. The van der Waals surface area contributed by atoms with Gasteiger partial charge in [0.05, 0.1) is 0 Å². The van der Waals surface area contributed by atoms with Crippen molar-refractivity contribution in [2.24, 2.45) is 11.7 Å². The molecule has 4 N–H and O–H groups in total.